The van der Waals surface area contributed by atoms with Crippen molar-refractivity contribution < 1.29 is 4.79 Å². The molecule has 1 N–H and O–H groups in total. The SMILES string of the molecule is C=C(C)N[C@H](C(C)=O)C1Cc2ccccc2C1. The number of ketones is 1. The van der Waals surface area contributed by atoms with Crippen molar-refractivity contribution in [1.82, 2.24) is 5.32 Å². The van der Waals surface area contributed by atoms with E-state index in [0.29, 0.717) is 5.92 Å². The Labute approximate surface area is 103 Å². The summed E-state index contributed by atoms with van der Waals surface area (Å²) in [6, 6.07) is 8.35. The fraction of sp³-hybridized carbons (Fsp3) is 0.400. The molecule has 0 fully saturated rings. The molecular weight excluding hydrogens is 210 g/mol. The summed E-state index contributed by atoms with van der Waals surface area (Å²) in [4.78, 5) is 11.7. The number of allylic oxidation sites excluding steroid dienone is 1. The molecule has 0 aliphatic heterocycles. The predicted molar refractivity (Wildman–Crippen MR) is 69.8 cm³/mol. The molecule has 0 saturated carbocycles. The highest BCUT2D eigenvalue weighted by molar-refractivity contribution is 5.82. The molecule has 90 valence electrons. The maximum atomic E-state index is 11.7. The molecule has 2 nitrogen and oxygen atoms in total. The molecule has 1 atom stereocenters. The van der Waals surface area contributed by atoms with Crippen LogP contribution in [0, 0.1) is 5.92 Å². The Bertz CT molecular complexity index is 425. The summed E-state index contributed by atoms with van der Waals surface area (Å²) in [6.07, 6.45) is 1.97. The van der Waals surface area contributed by atoms with Crippen molar-refractivity contribution in [3.63, 3.8) is 0 Å². The van der Waals surface area contributed by atoms with Crippen molar-refractivity contribution in [2.75, 3.05) is 0 Å². The van der Waals surface area contributed by atoms with Gasteiger partial charge in [-0.25, -0.2) is 0 Å². The number of carbonyl (C=O) groups excluding carboxylic acids is 1. The minimum absolute atomic E-state index is 0.0973. The number of hydrogen-bond donors (Lipinski definition) is 1. The van der Waals surface area contributed by atoms with Crippen LogP contribution in [0.2, 0.25) is 0 Å². The first-order valence-electron chi connectivity index (χ1n) is 6.07. The van der Waals surface area contributed by atoms with E-state index in [1.54, 1.807) is 6.92 Å². The summed E-state index contributed by atoms with van der Waals surface area (Å²) in [6.45, 7) is 7.39. The molecule has 2 rings (SSSR count). The zero-order valence-corrected chi connectivity index (χ0v) is 10.5. The molecule has 0 aromatic heterocycles. The van der Waals surface area contributed by atoms with Gasteiger partial charge in [0.15, 0.2) is 5.78 Å². The summed E-state index contributed by atoms with van der Waals surface area (Å²) in [5.74, 6) is 0.562. The highest BCUT2D eigenvalue weighted by Crippen LogP contribution is 2.29. The van der Waals surface area contributed by atoms with Crippen molar-refractivity contribution in [2.45, 2.75) is 32.7 Å². The average Bonchev–Trinajstić information content (AvgIpc) is 2.68. The van der Waals surface area contributed by atoms with E-state index < -0.39 is 0 Å². The number of benzene rings is 1. The van der Waals surface area contributed by atoms with E-state index in [4.69, 9.17) is 0 Å². The summed E-state index contributed by atoms with van der Waals surface area (Å²) >= 11 is 0. The number of carbonyl (C=O) groups is 1. The van der Waals surface area contributed by atoms with Crippen LogP contribution < -0.4 is 5.32 Å². The van der Waals surface area contributed by atoms with Gasteiger partial charge in [0.2, 0.25) is 0 Å². The highest BCUT2D eigenvalue weighted by atomic mass is 16.1. The van der Waals surface area contributed by atoms with Gasteiger partial charge >= 0.3 is 0 Å². The monoisotopic (exact) mass is 229 g/mol. The van der Waals surface area contributed by atoms with Crippen LogP contribution in [-0.2, 0) is 17.6 Å². The van der Waals surface area contributed by atoms with Crippen molar-refractivity contribution in [1.29, 1.82) is 0 Å². The lowest BCUT2D eigenvalue weighted by Gasteiger charge is -2.23. The first-order chi connectivity index (χ1) is 8.08. The summed E-state index contributed by atoms with van der Waals surface area (Å²) in [5, 5.41) is 3.21. The lowest BCUT2D eigenvalue weighted by molar-refractivity contribution is -0.119. The van der Waals surface area contributed by atoms with Crippen molar-refractivity contribution in [3.05, 3.63) is 47.7 Å². The molecule has 0 unspecified atom stereocenters. The molecule has 1 aliphatic carbocycles. The van der Waals surface area contributed by atoms with E-state index >= 15 is 0 Å². The van der Waals surface area contributed by atoms with Crippen molar-refractivity contribution in [3.8, 4) is 0 Å². The molecule has 0 spiro atoms. The van der Waals surface area contributed by atoms with Crippen LogP contribution >= 0.6 is 0 Å². The van der Waals surface area contributed by atoms with E-state index in [1.807, 2.05) is 6.92 Å². The first kappa shape index (κ1) is 11.9. The molecule has 0 amide bonds. The Kier molecular flexibility index (Phi) is 3.32. The Morgan fingerprint density at radius 3 is 2.24 bits per heavy atom. The topological polar surface area (TPSA) is 29.1 Å². The van der Waals surface area contributed by atoms with Gasteiger partial charge in [0.1, 0.15) is 0 Å². The van der Waals surface area contributed by atoms with E-state index in [0.717, 1.165) is 18.5 Å². The molecule has 0 saturated heterocycles. The predicted octanol–water partition coefficient (Wildman–Crippen LogP) is 2.48. The van der Waals surface area contributed by atoms with Gasteiger partial charge in [0, 0.05) is 5.70 Å². The van der Waals surface area contributed by atoms with Gasteiger partial charge in [-0.05, 0) is 43.7 Å². The van der Waals surface area contributed by atoms with E-state index in [1.165, 1.54) is 11.1 Å². The number of rotatable bonds is 4. The molecule has 1 aliphatic rings. The number of hydrogen-bond acceptors (Lipinski definition) is 2. The van der Waals surface area contributed by atoms with Gasteiger partial charge in [-0.15, -0.1) is 0 Å². The third-order valence-corrected chi connectivity index (χ3v) is 3.39. The molecule has 0 heterocycles. The van der Waals surface area contributed by atoms with E-state index in [9.17, 15) is 4.79 Å². The van der Waals surface area contributed by atoms with E-state index in [2.05, 4.69) is 36.2 Å². The van der Waals surface area contributed by atoms with E-state index in [-0.39, 0.29) is 11.8 Å². The second-order valence-corrected chi connectivity index (χ2v) is 4.95. The fourth-order valence-corrected chi connectivity index (χ4v) is 2.65. The zero-order valence-electron chi connectivity index (χ0n) is 10.5. The molecular formula is C15H19NO. The van der Waals surface area contributed by atoms with Gasteiger partial charge in [0.05, 0.1) is 6.04 Å². The van der Waals surface area contributed by atoms with Gasteiger partial charge in [-0.2, -0.15) is 0 Å². The maximum absolute atomic E-state index is 11.7. The van der Waals surface area contributed by atoms with Gasteiger partial charge in [-0.3, -0.25) is 4.79 Å². The van der Waals surface area contributed by atoms with Crippen LogP contribution in [-0.4, -0.2) is 11.8 Å². The molecule has 2 heteroatoms. The van der Waals surface area contributed by atoms with Crippen LogP contribution in [0.3, 0.4) is 0 Å². The molecule has 1 aromatic rings. The number of nitrogens with one attached hydrogen (secondary N) is 1. The Morgan fingerprint density at radius 2 is 1.82 bits per heavy atom. The number of Topliss-reactive ketones (excluding diaryl/α,β-unsaturated/α-hetero) is 1. The van der Waals surface area contributed by atoms with Crippen LogP contribution in [0.15, 0.2) is 36.5 Å². The quantitative estimate of drug-likeness (QED) is 0.859. The zero-order chi connectivity index (χ0) is 12.4. The van der Waals surface area contributed by atoms with Crippen molar-refractivity contribution >= 4 is 5.78 Å². The second kappa shape index (κ2) is 4.74. The lowest BCUT2D eigenvalue weighted by Crippen LogP contribution is -2.41. The largest absolute Gasteiger partial charge is 0.379 e. The molecule has 0 radical (unpaired) electrons. The summed E-state index contributed by atoms with van der Waals surface area (Å²) in [7, 11) is 0. The van der Waals surface area contributed by atoms with Crippen LogP contribution in [0.5, 0.6) is 0 Å². The standard InChI is InChI=1S/C15H19NO/c1-10(2)16-15(11(3)17)14-8-12-6-4-5-7-13(12)9-14/h4-7,14-16H,1,8-9H2,2-3H3/t15-/m1/s1. The Hall–Kier alpha value is -1.57. The fourth-order valence-electron chi connectivity index (χ4n) is 2.65. The minimum Gasteiger partial charge on any atom is -0.379 e. The lowest BCUT2D eigenvalue weighted by atomic mass is 9.93. The first-order valence-corrected chi connectivity index (χ1v) is 6.07. The summed E-state index contributed by atoms with van der Waals surface area (Å²) in [5.41, 5.74) is 3.63. The van der Waals surface area contributed by atoms with Crippen molar-refractivity contribution in [2.24, 2.45) is 5.92 Å². The minimum atomic E-state index is -0.0973. The third kappa shape index (κ3) is 2.57. The van der Waals surface area contributed by atoms with Crippen LogP contribution in [0.1, 0.15) is 25.0 Å². The van der Waals surface area contributed by atoms with Crippen LogP contribution in [0.4, 0.5) is 0 Å². The highest BCUT2D eigenvalue weighted by Gasteiger charge is 2.30. The smallest absolute Gasteiger partial charge is 0.152 e. The third-order valence-electron chi connectivity index (χ3n) is 3.39. The van der Waals surface area contributed by atoms with Crippen LogP contribution in [0.25, 0.3) is 0 Å². The molecule has 17 heavy (non-hydrogen) atoms. The maximum Gasteiger partial charge on any atom is 0.152 e. The summed E-state index contributed by atoms with van der Waals surface area (Å²) < 4.78 is 0. The van der Waals surface area contributed by atoms with Gasteiger partial charge in [-0.1, -0.05) is 30.8 Å². The van der Waals surface area contributed by atoms with Gasteiger partial charge in [0.25, 0.3) is 0 Å². The number of fused-ring (bicyclic) bond motifs is 1. The Morgan fingerprint density at radius 1 is 1.29 bits per heavy atom. The normalized spacial score (nSPS) is 16.4. The second-order valence-electron chi connectivity index (χ2n) is 4.95. The average molecular weight is 229 g/mol. The van der Waals surface area contributed by atoms with Gasteiger partial charge < -0.3 is 5.32 Å². The molecule has 1 aromatic carbocycles. The Balaban J connectivity index is 2.14. The molecule has 0 bridgehead atoms.